The molecule has 2 fully saturated rings. The van der Waals surface area contributed by atoms with Crippen LogP contribution in [0.25, 0.3) is 17.3 Å². The number of imidazole rings is 1. The van der Waals surface area contributed by atoms with E-state index in [0.29, 0.717) is 23.3 Å². The molecule has 1 N–H and O–H groups in total. The summed E-state index contributed by atoms with van der Waals surface area (Å²) in [5.74, 6) is 2.21. The summed E-state index contributed by atoms with van der Waals surface area (Å²) in [5, 5.41) is 7.10. The second-order valence-electron chi connectivity index (χ2n) is 7.26. The van der Waals surface area contributed by atoms with E-state index < -0.39 is 0 Å². The monoisotopic (exact) mass is 364 g/mol. The Hall–Kier alpha value is -3.03. The van der Waals surface area contributed by atoms with Crippen molar-refractivity contribution in [2.24, 2.45) is 0 Å². The number of nitrogens with one attached hydrogen (secondary N) is 1. The molecule has 0 spiro atoms. The summed E-state index contributed by atoms with van der Waals surface area (Å²) < 4.78 is 7.11. The molecular weight excluding hydrogens is 344 g/mol. The minimum absolute atomic E-state index is 0.136. The molecule has 0 aromatic carbocycles. The van der Waals surface area contributed by atoms with Gasteiger partial charge in [0.05, 0.1) is 0 Å². The molecule has 8 heteroatoms. The molecule has 2 aliphatic rings. The lowest BCUT2D eigenvalue weighted by Crippen LogP contribution is -2.32. The number of nitrogens with zero attached hydrogens (tertiary/aromatic N) is 5. The highest BCUT2D eigenvalue weighted by atomic mass is 16.5. The fourth-order valence-electron chi connectivity index (χ4n) is 3.45. The number of carbonyl (C=O) groups is 1. The lowest BCUT2D eigenvalue weighted by molar-refractivity contribution is 0.0933. The third-order valence-electron chi connectivity index (χ3n) is 5.15. The lowest BCUT2D eigenvalue weighted by atomic mass is 10.2. The van der Waals surface area contributed by atoms with E-state index in [4.69, 9.17) is 4.52 Å². The van der Waals surface area contributed by atoms with Crippen LogP contribution in [0, 0.1) is 0 Å². The lowest BCUT2D eigenvalue weighted by Gasteiger charge is -2.09. The Bertz CT molecular complexity index is 968. The average Bonchev–Trinajstić information content (AvgIpc) is 3.13. The van der Waals surface area contributed by atoms with Gasteiger partial charge in [0.25, 0.3) is 11.8 Å². The minimum Gasteiger partial charge on any atom is -0.348 e. The fourth-order valence-corrected chi connectivity index (χ4v) is 3.45. The summed E-state index contributed by atoms with van der Waals surface area (Å²) >= 11 is 0. The Kier molecular flexibility index (Phi) is 3.95. The van der Waals surface area contributed by atoms with E-state index >= 15 is 0 Å². The van der Waals surface area contributed by atoms with Gasteiger partial charge in [-0.05, 0) is 37.8 Å². The van der Waals surface area contributed by atoms with E-state index in [0.717, 1.165) is 37.1 Å². The number of amides is 1. The molecule has 138 valence electrons. The smallest absolute Gasteiger partial charge is 0.271 e. The van der Waals surface area contributed by atoms with Crippen molar-refractivity contribution in [3.63, 3.8) is 0 Å². The predicted molar refractivity (Wildman–Crippen MR) is 96.3 cm³/mol. The third kappa shape index (κ3) is 3.34. The zero-order valence-electron chi connectivity index (χ0n) is 14.8. The van der Waals surface area contributed by atoms with E-state index in [1.165, 1.54) is 12.8 Å². The van der Waals surface area contributed by atoms with E-state index in [1.807, 2.05) is 12.1 Å². The van der Waals surface area contributed by atoms with Gasteiger partial charge in [-0.3, -0.25) is 9.36 Å². The molecule has 0 aliphatic heterocycles. The van der Waals surface area contributed by atoms with Crippen LogP contribution >= 0.6 is 0 Å². The summed E-state index contributed by atoms with van der Waals surface area (Å²) in [5.41, 5.74) is 1.19. The van der Waals surface area contributed by atoms with Crippen molar-refractivity contribution >= 4 is 5.91 Å². The highest BCUT2D eigenvalue weighted by molar-refractivity contribution is 5.92. The summed E-state index contributed by atoms with van der Waals surface area (Å²) in [6.07, 6.45) is 11.7. The Balaban J connectivity index is 1.35. The van der Waals surface area contributed by atoms with Crippen LogP contribution in [0.2, 0.25) is 0 Å². The molecular formula is C19H20N6O2. The van der Waals surface area contributed by atoms with Crippen LogP contribution in [-0.2, 0) is 0 Å². The van der Waals surface area contributed by atoms with Crippen LogP contribution in [0.3, 0.4) is 0 Å². The first-order valence-electron chi connectivity index (χ1n) is 9.41. The summed E-state index contributed by atoms with van der Waals surface area (Å²) in [4.78, 5) is 25.4. The van der Waals surface area contributed by atoms with E-state index in [1.54, 1.807) is 23.3 Å². The van der Waals surface area contributed by atoms with Crippen molar-refractivity contribution in [1.82, 2.24) is 30.0 Å². The van der Waals surface area contributed by atoms with E-state index in [-0.39, 0.29) is 11.9 Å². The number of carbonyl (C=O) groups excluding carboxylic acids is 1. The van der Waals surface area contributed by atoms with Gasteiger partial charge in [-0.1, -0.05) is 18.0 Å². The van der Waals surface area contributed by atoms with Crippen LogP contribution < -0.4 is 5.32 Å². The predicted octanol–water partition coefficient (Wildman–Crippen LogP) is 2.87. The summed E-state index contributed by atoms with van der Waals surface area (Å²) in [6, 6.07) is 3.95. The van der Waals surface area contributed by atoms with Crippen LogP contribution in [0.5, 0.6) is 0 Å². The van der Waals surface area contributed by atoms with Gasteiger partial charge >= 0.3 is 0 Å². The van der Waals surface area contributed by atoms with E-state index in [2.05, 4.69) is 25.4 Å². The number of aromatic nitrogens is 5. The van der Waals surface area contributed by atoms with Crippen molar-refractivity contribution in [2.45, 2.75) is 50.5 Å². The average molecular weight is 364 g/mol. The van der Waals surface area contributed by atoms with Crippen molar-refractivity contribution < 1.29 is 9.32 Å². The van der Waals surface area contributed by atoms with Gasteiger partial charge in [-0.2, -0.15) is 4.98 Å². The molecule has 5 rings (SSSR count). The van der Waals surface area contributed by atoms with Crippen molar-refractivity contribution in [3.8, 4) is 17.3 Å². The van der Waals surface area contributed by atoms with Gasteiger partial charge in [0.15, 0.2) is 5.82 Å². The standard InChI is InChI=1S/C19H20N6O2/c26-18(22-14-3-1-2-4-14)15-10-25(11-21-15)16-9-13(7-8-20-16)19-23-17(24-27-19)12-5-6-12/h7-12,14H,1-6H2,(H,22,26). The molecule has 1 amide bonds. The Morgan fingerprint density at radius 3 is 2.85 bits per heavy atom. The minimum atomic E-state index is -0.136. The van der Waals surface area contributed by atoms with Gasteiger partial charge in [-0.15, -0.1) is 0 Å². The first kappa shape index (κ1) is 16.2. The molecule has 8 nitrogen and oxygen atoms in total. The van der Waals surface area contributed by atoms with Gasteiger partial charge in [0.2, 0.25) is 0 Å². The largest absolute Gasteiger partial charge is 0.348 e. The highest BCUT2D eigenvalue weighted by Crippen LogP contribution is 2.38. The molecule has 3 aromatic heterocycles. The number of hydrogen-bond acceptors (Lipinski definition) is 6. The topological polar surface area (TPSA) is 98.7 Å². The molecule has 0 bridgehead atoms. The maximum atomic E-state index is 12.4. The van der Waals surface area contributed by atoms with Gasteiger partial charge in [-0.25, -0.2) is 9.97 Å². The summed E-state index contributed by atoms with van der Waals surface area (Å²) in [6.45, 7) is 0. The first-order valence-corrected chi connectivity index (χ1v) is 9.41. The highest BCUT2D eigenvalue weighted by Gasteiger charge is 2.29. The maximum absolute atomic E-state index is 12.4. The van der Waals surface area contributed by atoms with Gasteiger partial charge < -0.3 is 9.84 Å². The molecule has 0 unspecified atom stereocenters. The molecule has 0 radical (unpaired) electrons. The number of rotatable bonds is 5. The zero-order valence-corrected chi connectivity index (χ0v) is 14.8. The van der Waals surface area contributed by atoms with Crippen LogP contribution in [-0.4, -0.2) is 36.6 Å². The van der Waals surface area contributed by atoms with Crippen LogP contribution in [0.4, 0.5) is 0 Å². The third-order valence-corrected chi connectivity index (χ3v) is 5.15. The SMILES string of the molecule is O=C(NC1CCCC1)c1cn(-c2cc(-c3nc(C4CC4)no3)ccn2)cn1. The number of pyridine rings is 1. The Labute approximate surface area is 156 Å². The maximum Gasteiger partial charge on any atom is 0.271 e. The Morgan fingerprint density at radius 2 is 2.04 bits per heavy atom. The fraction of sp³-hybridized carbons (Fsp3) is 0.421. The van der Waals surface area contributed by atoms with Crippen LogP contribution in [0.15, 0.2) is 35.4 Å². The van der Waals surface area contributed by atoms with Crippen molar-refractivity contribution in [3.05, 3.63) is 42.4 Å². The molecule has 3 heterocycles. The molecule has 27 heavy (non-hydrogen) atoms. The van der Waals surface area contributed by atoms with E-state index in [9.17, 15) is 4.79 Å². The van der Waals surface area contributed by atoms with Gasteiger partial charge in [0, 0.05) is 29.9 Å². The zero-order chi connectivity index (χ0) is 18.2. The molecule has 0 atom stereocenters. The first-order chi connectivity index (χ1) is 13.3. The molecule has 0 saturated heterocycles. The van der Waals surface area contributed by atoms with Gasteiger partial charge in [0.1, 0.15) is 17.8 Å². The molecule has 2 aliphatic carbocycles. The van der Waals surface area contributed by atoms with Crippen molar-refractivity contribution in [2.75, 3.05) is 0 Å². The number of hydrogen-bond donors (Lipinski definition) is 1. The molecule has 3 aromatic rings. The Morgan fingerprint density at radius 1 is 1.19 bits per heavy atom. The molecule has 2 saturated carbocycles. The second-order valence-corrected chi connectivity index (χ2v) is 7.26. The second kappa shape index (κ2) is 6.61. The quantitative estimate of drug-likeness (QED) is 0.747. The normalized spacial score (nSPS) is 17.3. The van der Waals surface area contributed by atoms with Crippen molar-refractivity contribution in [1.29, 1.82) is 0 Å². The van der Waals surface area contributed by atoms with Crippen LogP contribution in [0.1, 0.15) is 60.8 Å². The summed E-state index contributed by atoms with van der Waals surface area (Å²) in [7, 11) is 0.